The summed E-state index contributed by atoms with van der Waals surface area (Å²) in [5.41, 5.74) is -1.29. The molecule has 0 saturated carbocycles. The Balaban J connectivity index is 2.67. The lowest BCUT2D eigenvalue weighted by Gasteiger charge is -2.35. The van der Waals surface area contributed by atoms with E-state index in [9.17, 15) is 4.79 Å². The van der Waals surface area contributed by atoms with Crippen molar-refractivity contribution in [3.8, 4) is 0 Å². The highest BCUT2D eigenvalue weighted by Gasteiger charge is 2.49. The monoisotopic (exact) mass is 386 g/mol. The number of ether oxygens (including phenoxy) is 3. The van der Waals surface area contributed by atoms with Crippen LogP contribution in [0.3, 0.4) is 0 Å². The van der Waals surface area contributed by atoms with E-state index in [2.05, 4.69) is 15.6 Å². The molecular formula is C19H38N4O4. The van der Waals surface area contributed by atoms with Gasteiger partial charge in [-0.3, -0.25) is 9.89 Å². The van der Waals surface area contributed by atoms with Crippen molar-refractivity contribution >= 4 is 12.1 Å². The molecule has 1 fully saturated rings. The zero-order valence-corrected chi connectivity index (χ0v) is 18.2. The number of aliphatic imine (C=N–C) groups is 1. The molecule has 0 aromatic rings. The molecule has 27 heavy (non-hydrogen) atoms. The van der Waals surface area contributed by atoms with Crippen molar-refractivity contribution in [1.29, 1.82) is 0 Å². The minimum Gasteiger partial charge on any atom is -0.444 e. The van der Waals surface area contributed by atoms with Crippen LogP contribution >= 0.6 is 0 Å². The first-order valence-corrected chi connectivity index (χ1v) is 9.74. The summed E-state index contributed by atoms with van der Waals surface area (Å²) >= 11 is 0. The number of hydrogen-bond acceptors (Lipinski definition) is 5. The summed E-state index contributed by atoms with van der Waals surface area (Å²) in [6, 6.07) is -0.170. The number of rotatable bonds is 7. The minimum atomic E-state index is -0.734. The molecule has 0 aromatic carbocycles. The molecule has 0 spiro atoms. The van der Waals surface area contributed by atoms with Crippen molar-refractivity contribution in [2.75, 3.05) is 33.4 Å². The molecule has 1 aliphatic heterocycles. The van der Waals surface area contributed by atoms with Gasteiger partial charge in [0, 0.05) is 33.4 Å². The third-order valence-corrected chi connectivity index (χ3v) is 4.18. The zero-order chi connectivity index (χ0) is 20.7. The summed E-state index contributed by atoms with van der Waals surface area (Å²) in [6.45, 7) is 16.0. The Kier molecular flexibility index (Phi) is 8.81. The fourth-order valence-electron chi connectivity index (χ4n) is 3.07. The highest BCUT2D eigenvalue weighted by atomic mass is 16.6. The van der Waals surface area contributed by atoms with E-state index in [-0.39, 0.29) is 18.2 Å². The minimum absolute atomic E-state index is 0.129. The molecule has 2 unspecified atom stereocenters. The van der Waals surface area contributed by atoms with E-state index < -0.39 is 11.3 Å². The largest absolute Gasteiger partial charge is 0.444 e. The number of carbonyl (C=O) groups is 1. The van der Waals surface area contributed by atoms with Gasteiger partial charge in [-0.25, -0.2) is 4.79 Å². The van der Waals surface area contributed by atoms with Crippen LogP contribution in [0.5, 0.6) is 0 Å². The zero-order valence-electron chi connectivity index (χ0n) is 18.2. The van der Waals surface area contributed by atoms with Gasteiger partial charge in [0.1, 0.15) is 11.3 Å². The van der Waals surface area contributed by atoms with E-state index in [1.165, 1.54) is 0 Å². The smallest absolute Gasteiger partial charge is 0.412 e. The SMILES string of the molecule is CCOCCCNC(=NC)NCC1C(C)OC(C)(C)N1C(=O)OC(C)(C)C. The molecule has 2 N–H and O–H groups in total. The number of hydrogen-bond donors (Lipinski definition) is 2. The number of amides is 1. The second-order valence-corrected chi connectivity index (χ2v) is 8.12. The average Bonchev–Trinajstić information content (AvgIpc) is 2.76. The first kappa shape index (κ1) is 23.5. The molecule has 1 saturated heterocycles. The fourth-order valence-corrected chi connectivity index (χ4v) is 3.07. The molecule has 1 amide bonds. The first-order valence-electron chi connectivity index (χ1n) is 9.74. The molecule has 0 radical (unpaired) electrons. The molecule has 8 heteroatoms. The lowest BCUT2D eigenvalue weighted by Crippen LogP contribution is -2.54. The maximum atomic E-state index is 12.8. The van der Waals surface area contributed by atoms with Gasteiger partial charge in [0.2, 0.25) is 0 Å². The lowest BCUT2D eigenvalue weighted by molar-refractivity contribution is -0.0755. The fraction of sp³-hybridized carbons (Fsp3) is 0.895. The highest BCUT2D eigenvalue weighted by Crippen LogP contribution is 2.33. The van der Waals surface area contributed by atoms with E-state index in [0.29, 0.717) is 19.1 Å². The van der Waals surface area contributed by atoms with Gasteiger partial charge >= 0.3 is 6.09 Å². The third-order valence-electron chi connectivity index (χ3n) is 4.18. The van der Waals surface area contributed by atoms with Crippen molar-refractivity contribution in [3.63, 3.8) is 0 Å². The van der Waals surface area contributed by atoms with Crippen LogP contribution in [0.2, 0.25) is 0 Å². The number of guanidine groups is 1. The Labute approximate surface area is 164 Å². The first-order chi connectivity index (χ1) is 12.5. The van der Waals surface area contributed by atoms with Crippen LogP contribution in [0.15, 0.2) is 4.99 Å². The topological polar surface area (TPSA) is 84.4 Å². The van der Waals surface area contributed by atoms with E-state index in [1.807, 2.05) is 48.5 Å². The predicted molar refractivity (Wildman–Crippen MR) is 107 cm³/mol. The standard InChI is InChI=1S/C19H38N4O4/c1-9-25-12-10-11-21-16(20-8)22-13-15-14(2)26-19(6,7)23(15)17(24)27-18(3,4)5/h14-15H,9-13H2,1-8H3,(H2,20,21,22). The Morgan fingerprint density at radius 2 is 1.96 bits per heavy atom. The summed E-state index contributed by atoms with van der Waals surface area (Å²) < 4.78 is 16.9. The van der Waals surface area contributed by atoms with Crippen molar-refractivity contribution in [2.45, 2.75) is 78.4 Å². The molecule has 1 aliphatic rings. The van der Waals surface area contributed by atoms with Crippen LogP contribution < -0.4 is 10.6 Å². The molecule has 0 bridgehead atoms. The lowest BCUT2D eigenvalue weighted by atomic mass is 10.1. The molecule has 158 valence electrons. The molecule has 1 rings (SSSR count). The van der Waals surface area contributed by atoms with Gasteiger partial charge in [0.25, 0.3) is 0 Å². The summed E-state index contributed by atoms with van der Waals surface area (Å²) in [5, 5.41) is 6.54. The number of nitrogens with zero attached hydrogens (tertiary/aromatic N) is 2. The van der Waals surface area contributed by atoms with Crippen molar-refractivity contribution in [2.24, 2.45) is 4.99 Å². The van der Waals surface area contributed by atoms with Crippen molar-refractivity contribution in [3.05, 3.63) is 0 Å². The molecular weight excluding hydrogens is 348 g/mol. The van der Waals surface area contributed by atoms with Gasteiger partial charge in [-0.15, -0.1) is 0 Å². The van der Waals surface area contributed by atoms with Crippen molar-refractivity contribution in [1.82, 2.24) is 15.5 Å². The Bertz CT molecular complexity index is 502. The van der Waals surface area contributed by atoms with Gasteiger partial charge in [-0.1, -0.05) is 0 Å². The quantitative estimate of drug-likeness (QED) is 0.397. The maximum absolute atomic E-state index is 12.8. The Morgan fingerprint density at radius 3 is 2.52 bits per heavy atom. The Morgan fingerprint density at radius 1 is 1.30 bits per heavy atom. The van der Waals surface area contributed by atoms with Gasteiger partial charge in [0.05, 0.1) is 12.1 Å². The molecule has 8 nitrogen and oxygen atoms in total. The molecule has 0 aliphatic carbocycles. The van der Waals surface area contributed by atoms with E-state index in [0.717, 1.165) is 19.6 Å². The second kappa shape index (κ2) is 10.1. The second-order valence-electron chi connectivity index (χ2n) is 8.12. The average molecular weight is 387 g/mol. The molecule has 1 heterocycles. The van der Waals surface area contributed by atoms with Gasteiger partial charge in [0.15, 0.2) is 5.96 Å². The number of nitrogens with one attached hydrogen (secondary N) is 2. The summed E-state index contributed by atoms with van der Waals surface area (Å²) in [7, 11) is 1.72. The number of carbonyl (C=O) groups excluding carboxylic acids is 1. The van der Waals surface area contributed by atoms with Crippen LogP contribution in [0.1, 0.15) is 54.9 Å². The normalized spacial score (nSPS) is 22.7. The summed E-state index contributed by atoms with van der Waals surface area (Å²) in [5.74, 6) is 0.688. The highest BCUT2D eigenvalue weighted by molar-refractivity contribution is 5.79. The van der Waals surface area contributed by atoms with E-state index in [1.54, 1.807) is 11.9 Å². The van der Waals surface area contributed by atoms with Gasteiger partial charge in [-0.2, -0.15) is 0 Å². The predicted octanol–water partition coefficient (Wildman–Crippen LogP) is 2.34. The summed E-state index contributed by atoms with van der Waals surface area (Å²) in [6.07, 6.45) is 0.397. The maximum Gasteiger partial charge on any atom is 0.412 e. The van der Waals surface area contributed by atoms with Crippen LogP contribution in [0.25, 0.3) is 0 Å². The van der Waals surface area contributed by atoms with Crippen LogP contribution in [-0.4, -0.2) is 73.8 Å². The van der Waals surface area contributed by atoms with Gasteiger partial charge < -0.3 is 24.8 Å². The van der Waals surface area contributed by atoms with Crippen molar-refractivity contribution < 1.29 is 19.0 Å². The van der Waals surface area contributed by atoms with E-state index >= 15 is 0 Å². The molecule has 2 atom stereocenters. The molecule has 0 aromatic heterocycles. The van der Waals surface area contributed by atoms with E-state index in [4.69, 9.17) is 14.2 Å². The van der Waals surface area contributed by atoms with Crippen LogP contribution in [0.4, 0.5) is 4.79 Å². The van der Waals surface area contributed by atoms with Crippen LogP contribution in [-0.2, 0) is 14.2 Å². The Hall–Kier alpha value is -1.54. The summed E-state index contributed by atoms with van der Waals surface area (Å²) in [4.78, 5) is 18.7. The third kappa shape index (κ3) is 7.54. The van der Waals surface area contributed by atoms with Crippen LogP contribution in [0, 0.1) is 0 Å². The van der Waals surface area contributed by atoms with Gasteiger partial charge in [-0.05, 0) is 54.9 Å².